The number of halogens is 4. The zero-order chi connectivity index (χ0) is 24.9. The summed E-state index contributed by atoms with van der Waals surface area (Å²) < 4.78 is 40.8. The Morgan fingerprint density at radius 3 is 2.57 bits per heavy atom. The fraction of sp³-hybridized carbons (Fsp3) is 0.364. The van der Waals surface area contributed by atoms with Crippen molar-refractivity contribution in [2.45, 2.75) is 32.4 Å². The Morgan fingerprint density at radius 2 is 1.91 bits per heavy atom. The molecular weight excluding hydrogens is 487 g/mol. The predicted molar refractivity (Wildman–Crippen MR) is 127 cm³/mol. The molecule has 5 N–H and O–H groups in total. The van der Waals surface area contributed by atoms with Crippen molar-refractivity contribution in [2.75, 3.05) is 18.4 Å². The molecule has 35 heavy (non-hydrogen) atoms. The number of nitrogens with two attached hydrogens (primary N) is 1. The number of nitrogens with one attached hydrogen (secondary N) is 3. The molecule has 0 aliphatic heterocycles. The first kappa shape index (κ1) is 27.9. The molecule has 190 valence electrons. The molecule has 0 unspecified atom stereocenters. The van der Waals surface area contributed by atoms with E-state index in [1.165, 1.54) is 17.8 Å². The number of aromatic amines is 1. The molecule has 0 bridgehead atoms. The van der Waals surface area contributed by atoms with E-state index >= 15 is 0 Å². The molecule has 1 aromatic carbocycles. The fourth-order valence-electron chi connectivity index (χ4n) is 3.50. The van der Waals surface area contributed by atoms with E-state index in [0.717, 1.165) is 25.5 Å². The van der Waals surface area contributed by atoms with Gasteiger partial charge in [0, 0.05) is 31.0 Å². The zero-order valence-electron chi connectivity index (χ0n) is 19.2. The molecule has 3 rings (SSSR count). The lowest BCUT2D eigenvalue weighted by molar-refractivity contribution is -0.140. The highest BCUT2D eigenvalue weighted by Gasteiger charge is 2.37. The van der Waals surface area contributed by atoms with Gasteiger partial charge >= 0.3 is 6.18 Å². The highest BCUT2D eigenvalue weighted by molar-refractivity contribution is 6.03. The fourth-order valence-corrected chi connectivity index (χ4v) is 3.50. The summed E-state index contributed by atoms with van der Waals surface area (Å²) in [5, 5.41) is 11.0. The molecule has 0 saturated carbocycles. The van der Waals surface area contributed by atoms with E-state index in [-0.39, 0.29) is 35.4 Å². The maximum Gasteiger partial charge on any atom is 0.435 e. The summed E-state index contributed by atoms with van der Waals surface area (Å²) in [6.45, 7) is 2.91. The summed E-state index contributed by atoms with van der Waals surface area (Å²) in [7, 11) is 1.44. The summed E-state index contributed by atoms with van der Waals surface area (Å²) in [6, 6.07) is 4.82. The van der Waals surface area contributed by atoms with Gasteiger partial charge in [-0.2, -0.15) is 18.3 Å². The first-order chi connectivity index (χ1) is 16.1. The number of imidazole rings is 1. The minimum Gasteiger partial charge on any atom is -0.352 e. The summed E-state index contributed by atoms with van der Waals surface area (Å²) in [6.07, 6.45) is 0.317. The van der Waals surface area contributed by atoms with Crippen LogP contribution < -0.4 is 16.4 Å². The van der Waals surface area contributed by atoms with E-state index in [1.54, 1.807) is 25.1 Å². The van der Waals surface area contributed by atoms with Gasteiger partial charge in [0.2, 0.25) is 0 Å². The summed E-state index contributed by atoms with van der Waals surface area (Å²) in [5.41, 5.74) is 5.80. The standard InChI is InChI=1S/C22H26F3N7O2.ClH/c1-13-10-14(6-7-15(13)20(33)27-9-5-3-4-8-26)30-21(34)19-28-12-17(32(19)2)16-11-29-31-18(16)22(23,24)25;/h6-7,10-12H,3-5,8-9,26H2,1-2H3,(H,27,33)(H,29,31)(H,30,34);1H. The predicted octanol–water partition coefficient (Wildman–Crippen LogP) is 3.67. The van der Waals surface area contributed by atoms with Gasteiger partial charge in [0.1, 0.15) is 0 Å². The SMILES string of the molecule is Cc1cc(NC(=O)c2ncc(-c3c[nH]nc3C(F)(F)F)n2C)ccc1C(=O)NCCCCCN.Cl. The molecule has 2 amide bonds. The van der Waals surface area contributed by atoms with Gasteiger partial charge in [-0.15, -0.1) is 12.4 Å². The second-order valence-electron chi connectivity index (χ2n) is 7.76. The third-order valence-electron chi connectivity index (χ3n) is 5.27. The Balaban J connectivity index is 0.00000432. The third kappa shape index (κ3) is 6.61. The lowest BCUT2D eigenvalue weighted by atomic mass is 10.1. The number of aryl methyl sites for hydroxylation is 1. The first-order valence-electron chi connectivity index (χ1n) is 10.7. The van der Waals surface area contributed by atoms with Crippen LogP contribution in [0.2, 0.25) is 0 Å². The van der Waals surface area contributed by atoms with E-state index in [4.69, 9.17) is 5.73 Å². The van der Waals surface area contributed by atoms with Crippen LogP contribution in [0, 0.1) is 6.92 Å². The van der Waals surface area contributed by atoms with Crippen molar-refractivity contribution in [3.63, 3.8) is 0 Å². The van der Waals surface area contributed by atoms with Crippen molar-refractivity contribution in [1.82, 2.24) is 25.1 Å². The number of aromatic nitrogens is 4. The molecule has 0 fully saturated rings. The van der Waals surface area contributed by atoms with Gasteiger partial charge in [0.15, 0.2) is 11.5 Å². The van der Waals surface area contributed by atoms with Crippen molar-refractivity contribution < 1.29 is 22.8 Å². The number of rotatable bonds is 9. The number of amides is 2. The number of anilines is 1. The Labute approximate surface area is 206 Å². The van der Waals surface area contributed by atoms with Gasteiger partial charge in [-0.3, -0.25) is 14.7 Å². The number of hydrogen-bond acceptors (Lipinski definition) is 5. The van der Waals surface area contributed by atoms with Crippen molar-refractivity contribution in [3.8, 4) is 11.3 Å². The number of H-pyrrole nitrogens is 1. The average molecular weight is 514 g/mol. The Morgan fingerprint density at radius 1 is 1.17 bits per heavy atom. The molecule has 0 spiro atoms. The molecule has 0 aliphatic rings. The molecule has 13 heteroatoms. The van der Waals surface area contributed by atoms with Crippen molar-refractivity contribution >= 4 is 29.9 Å². The largest absolute Gasteiger partial charge is 0.435 e. The summed E-state index contributed by atoms with van der Waals surface area (Å²) in [4.78, 5) is 29.1. The monoisotopic (exact) mass is 513 g/mol. The first-order valence-corrected chi connectivity index (χ1v) is 10.7. The van der Waals surface area contributed by atoms with Crippen molar-refractivity contribution in [2.24, 2.45) is 12.8 Å². The Kier molecular flexibility index (Phi) is 9.43. The number of carbonyl (C=O) groups excluding carboxylic acids is 2. The quantitative estimate of drug-likeness (QED) is 0.324. The topological polar surface area (TPSA) is 131 Å². The minimum atomic E-state index is -4.65. The molecule has 0 saturated heterocycles. The molecular formula is C22H27ClF3N7O2. The third-order valence-corrected chi connectivity index (χ3v) is 5.27. The van der Waals surface area contributed by atoms with Crippen molar-refractivity contribution in [1.29, 1.82) is 0 Å². The van der Waals surface area contributed by atoms with Crippen LogP contribution in [0.25, 0.3) is 11.3 Å². The maximum atomic E-state index is 13.2. The Bertz CT molecular complexity index is 1170. The molecule has 0 atom stereocenters. The lowest BCUT2D eigenvalue weighted by Gasteiger charge is -2.11. The van der Waals surface area contributed by atoms with Gasteiger partial charge in [-0.05, 0) is 50.1 Å². The maximum absolute atomic E-state index is 13.2. The molecule has 2 heterocycles. The van der Waals surface area contributed by atoms with Gasteiger partial charge in [0.05, 0.1) is 17.5 Å². The summed E-state index contributed by atoms with van der Waals surface area (Å²) in [5.74, 6) is -0.902. The van der Waals surface area contributed by atoms with Crippen LogP contribution >= 0.6 is 12.4 Å². The average Bonchev–Trinajstić information content (AvgIpc) is 3.40. The highest BCUT2D eigenvalue weighted by Crippen LogP contribution is 2.35. The molecule has 9 nitrogen and oxygen atoms in total. The van der Waals surface area contributed by atoms with E-state index in [0.29, 0.717) is 29.9 Å². The van der Waals surface area contributed by atoms with E-state index in [9.17, 15) is 22.8 Å². The van der Waals surface area contributed by atoms with Crippen LogP contribution in [0.1, 0.15) is 51.5 Å². The highest BCUT2D eigenvalue weighted by atomic mass is 35.5. The summed E-state index contributed by atoms with van der Waals surface area (Å²) >= 11 is 0. The van der Waals surface area contributed by atoms with E-state index in [2.05, 4.69) is 25.8 Å². The second kappa shape index (κ2) is 11.8. The van der Waals surface area contributed by atoms with Crippen LogP contribution in [0.4, 0.5) is 18.9 Å². The number of benzene rings is 1. The second-order valence-corrected chi connectivity index (χ2v) is 7.76. The number of nitrogens with zero attached hydrogens (tertiary/aromatic N) is 3. The molecule has 0 radical (unpaired) electrons. The number of hydrogen-bond donors (Lipinski definition) is 4. The number of unbranched alkanes of at least 4 members (excludes halogenated alkanes) is 2. The van der Waals surface area contributed by atoms with Crippen LogP contribution in [0.5, 0.6) is 0 Å². The zero-order valence-corrected chi connectivity index (χ0v) is 20.0. The van der Waals surface area contributed by atoms with E-state index < -0.39 is 17.8 Å². The molecule has 3 aromatic rings. The van der Waals surface area contributed by atoms with Gasteiger partial charge in [-0.25, -0.2) is 4.98 Å². The van der Waals surface area contributed by atoms with Crippen LogP contribution in [-0.4, -0.2) is 44.7 Å². The lowest BCUT2D eigenvalue weighted by Crippen LogP contribution is -2.25. The van der Waals surface area contributed by atoms with Crippen LogP contribution in [-0.2, 0) is 13.2 Å². The van der Waals surface area contributed by atoms with E-state index in [1.807, 2.05) is 0 Å². The smallest absolute Gasteiger partial charge is 0.352 e. The van der Waals surface area contributed by atoms with Crippen molar-refractivity contribution in [3.05, 3.63) is 53.2 Å². The molecule has 2 aromatic heterocycles. The number of alkyl halides is 3. The number of carbonyl (C=O) groups is 2. The minimum absolute atomic E-state index is 0. The van der Waals surface area contributed by atoms with Gasteiger partial charge < -0.3 is 20.9 Å². The van der Waals surface area contributed by atoms with Gasteiger partial charge in [0.25, 0.3) is 11.8 Å². The van der Waals surface area contributed by atoms with Crippen LogP contribution in [0.15, 0.2) is 30.6 Å². The Hall–Kier alpha value is -3.38. The normalized spacial score (nSPS) is 11.1. The van der Waals surface area contributed by atoms with Crippen LogP contribution in [0.3, 0.4) is 0 Å². The molecule has 0 aliphatic carbocycles. The van der Waals surface area contributed by atoms with Gasteiger partial charge in [-0.1, -0.05) is 6.42 Å².